The van der Waals surface area contributed by atoms with Gasteiger partial charge in [0, 0.05) is 12.5 Å². The van der Waals surface area contributed by atoms with Crippen molar-refractivity contribution in [1.82, 2.24) is 10.6 Å². The maximum atomic E-state index is 11.8. The van der Waals surface area contributed by atoms with Gasteiger partial charge in [-0.25, -0.2) is 0 Å². The van der Waals surface area contributed by atoms with Gasteiger partial charge in [-0.1, -0.05) is 20.8 Å². The predicted octanol–water partition coefficient (Wildman–Crippen LogP) is 1.93. The largest absolute Gasteiger partial charge is 0.353 e. The van der Waals surface area contributed by atoms with Crippen LogP contribution in [0.3, 0.4) is 0 Å². The van der Waals surface area contributed by atoms with Crippen molar-refractivity contribution in [2.75, 3.05) is 13.1 Å². The van der Waals surface area contributed by atoms with Gasteiger partial charge in [0.15, 0.2) is 0 Å². The molecule has 0 saturated carbocycles. The molecule has 0 aliphatic carbocycles. The van der Waals surface area contributed by atoms with Gasteiger partial charge in [-0.3, -0.25) is 4.79 Å². The van der Waals surface area contributed by atoms with Gasteiger partial charge in [-0.05, 0) is 44.2 Å². The summed E-state index contributed by atoms with van der Waals surface area (Å²) in [5, 5.41) is 6.51. The molecule has 16 heavy (non-hydrogen) atoms. The Kier molecular flexibility index (Phi) is 4.78. The van der Waals surface area contributed by atoms with Gasteiger partial charge in [0.05, 0.1) is 0 Å². The van der Waals surface area contributed by atoms with E-state index in [1.54, 1.807) is 0 Å². The standard InChI is InChI=1S/C13H26N2O/c1-10(11-6-5-7-14-9-11)15-12(16)8-13(2,3)4/h10-11,14H,5-9H2,1-4H3,(H,15,16). The van der Waals surface area contributed by atoms with Gasteiger partial charge >= 0.3 is 0 Å². The highest BCUT2D eigenvalue weighted by atomic mass is 16.1. The van der Waals surface area contributed by atoms with E-state index in [0.29, 0.717) is 18.4 Å². The van der Waals surface area contributed by atoms with E-state index in [-0.39, 0.29) is 11.3 Å². The summed E-state index contributed by atoms with van der Waals surface area (Å²) in [4.78, 5) is 11.8. The summed E-state index contributed by atoms with van der Waals surface area (Å²) >= 11 is 0. The normalized spacial score (nSPS) is 23.9. The number of carbonyl (C=O) groups excluding carboxylic acids is 1. The lowest BCUT2D eigenvalue weighted by Crippen LogP contribution is -2.45. The Bertz CT molecular complexity index is 227. The highest BCUT2D eigenvalue weighted by molar-refractivity contribution is 5.76. The minimum atomic E-state index is 0.0780. The van der Waals surface area contributed by atoms with Crippen LogP contribution in [0.15, 0.2) is 0 Å². The minimum absolute atomic E-state index is 0.0780. The van der Waals surface area contributed by atoms with Crippen molar-refractivity contribution in [2.24, 2.45) is 11.3 Å². The molecule has 1 saturated heterocycles. The van der Waals surface area contributed by atoms with Crippen LogP contribution in [0, 0.1) is 11.3 Å². The maximum absolute atomic E-state index is 11.8. The molecule has 1 rings (SSSR count). The van der Waals surface area contributed by atoms with Crippen molar-refractivity contribution in [3.8, 4) is 0 Å². The molecule has 1 fully saturated rings. The van der Waals surface area contributed by atoms with Crippen LogP contribution in [-0.4, -0.2) is 25.0 Å². The van der Waals surface area contributed by atoms with E-state index >= 15 is 0 Å². The van der Waals surface area contributed by atoms with Crippen molar-refractivity contribution in [3.05, 3.63) is 0 Å². The summed E-state index contributed by atoms with van der Waals surface area (Å²) in [6.45, 7) is 10.6. The third-order valence-corrected chi connectivity index (χ3v) is 3.12. The summed E-state index contributed by atoms with van der Waals surface area (Å²) in [7, 11) is 0. The van der Waals surface area contributed by atoms with Gasteiger partial charge in [0.25, 0.3) is 0 Å². The Morgan fingerprint density at radius 3 is 2.69 bits per heavy atom. The Hall–Kier alpha value is -0.570. The van der Waals surface area contributed by atoms with E-state index in [1.807, 2.05) is 0 Å². The highest BCUT2D eigenvalue weighted by Crippen LogP contribution is 2.19. The van der Waals surface area contributed by atoms with Gasteiger partial charge in [-0.2, -0.15) is 0 Å². The van der Waals surface area contributed by atoms with Crippen molar-refractivity contribution in [2.45, 2.75) is 53.0 Å². The molecule has 0 bridgehead atoms. The van der Waals surface area contributed by atoms with E-state index in [0.717, 1.165) is 13.1 Å². The van der Waals surface area contributed by atoms with Gasteiger partial charge < -0.3 is 10.6 Å². The lowest BCUT2D eigenvalue weighted by molar-refractivity contribution is -0.123. The number of hydrogen-bond donors (Lipinski definition) is 2. The first-order valence-electron chi connectivity index (χ1n) is 6.38. The van der Waals surface area contributed by atoms with Crippen molar-refractivity contribution < 1.29 is 4.79 Å². The average Bonchev–Trinajstić information content (AvgIpc) is 2.16. The molecule has 2 unspecified atom stereocenters. The molecule has 1 aliphatic rings. The fourth-order valence-corrected chi connectivity index (χ4v) is 2.21. The topological polar surface area (TPSA) is 41.1 Å². The van der Waals surface area contributed by atoms with Crippen LogP contribution < -0.4 is 10.6 Å². The van der Waals surface area contributed by atoms with Crippen LogP contribution in [0.25, 0.3) is 0 Å². The fourth-order valence-electron chi connectivity index (χ4n) is 2.21. The first kappa shape index (κ1) is 13.5. The molecular weight excluding hydrogens is 200 g/mol. The molecule has 3 heteroatoms. The molecule has 3 nitrogen and oxygen atoms in total. The first-order valence-corrected chi connectivity index (χ1v) is 6.38. The minimum Gasteiger partial charge on any atom is -0.353 e. The molecule has 2 atom stereocenters. The van der Waals surface area contributed by atoms with E-state index in [4.69, 9.17) is 0 Å². The van der Waals surface area contributed by atoms with Gasteiger partial charge in [0.2, 0.25) is 5.91 Å². The lowest BCUT2D eigenvalue weighted by Gasteiger charge is -2.29. The number of piperidine rings is 1. The molecular formula is C13H26N2O. The second-order valence-electron chi connectivity index (χ2n) is 6.20. The molecule has 0 aromatic rings. The molecule has 0 spiro atoms. The second kappa shape index (κ2) is 5.67. The fraction of sp³-hybridized carbons (Fsp3) is 0.923. The van der Waals surface area contributed by atoms with Crippen molar-refractivity contribution in [3.63, 3.8) is 0 Å². The molecule has 1 aliphatic heterocycles. The van der Waals surface area contributed by atoms with Crippen LogP contribution in [0.2, 0.25) is 0 Å². The molecule has 0 aromatic carbocycles. The van der Waals surface area contributed by atoms with Crippen LogP contribution in [-0.2, 0) is 4.79 Å². The number of carbonyl (C=O) groups is 1. The Labute approximate surface area is 99.4 Å². The smallest absolute Gasteiger partial charge is 0.220 e. The number of nitrogens with one attached hydrogen (secondary N) is 2. The molecule has 0 radical (unpaired) electrons. The number of amides is 1. The summed E-state index contributed by atoms with van der Waals surface area (Å²) in [5.41, 5.74) is 0.0780. The summed E-state index contributed by atoms with van der Waals surface area (Å²) in [6.07, 6.45) is 3.06. The Balaban J connectivity index is 2.32. The van der Waals surface area contributed by atoms with Crippen LogP contribution >= 0.6 is 0 Å². The zero-order chi connectivity index (χ0) is 12.2. The zero-order valence-corrected chi connectivity index (χ0v) is 11.1. The Morgan fingerprint density at radius 2 is 2.19 bits per heavy atom. The monoisotopic (exact) mass is 226 g/mol. The highest BCUT2D eigenvalue weighted by Gasteiger charge is 2.23. The first-order chi connectivity index (χ1) is 7.38. The van der Waals surface area contributed by atoms with Gasteiger partial charge in [-0.15, -0.1) is 0 Å². The van der Waals surface area contributed by atoms with Crippen LogP contribution in [0.4, 0.5) is 0 Å². The zero-order valence-electron chi connectivity index (χ0n) is 11.1. The SMILES string of the molecule is CC(NC(=O)CC(C)(C)C)C1CCCNC1. The molecule has 2 N–H and O–H groups in total. The molecule has 1 amide bonds. The predicted molar refractivity (Wildman–Crippen MR) is 67.3 cm³/mol. The van der Waals surface area contributed by atoms with Crippen LogP contribution in [0.5, 0.6) is 0 Å². The average molecular weight is 226 g/mol. The van der Waals surface area contributed by atoms with Crippen molar-refractivity contribution >= 4 is 5.91 Å². The quantitative estimate of drug-likeness (QED) is 0.772. The van der Waals surface area contributed by atoms with Crippen molar-refractivity contribution in [1.29, 1.82) is 0 Å². The Morgan fingerprint density at radius 1 is 1.50 bits per heavy atom. The summed E-state index contributed by atoms with van der Waals surface area (Å²) in [6, 6.07) is 0.294. The van der Waals surface area contributed by atoms with E-state index < -0.39 is 0 Å². The molecule has 0 aromatic heterocycles. The second-order valence-corrected chi connectivity index (χ2v) is 6.20. The summed E-state index contributed by atoms with van der Waals surface area (Å²) in [5.74, 6) is 0.781. The third kappa shape index (κ3) is 4.97. The van der Waals surface area contributed by atoms with Gasteiger partial charge in [0.1, 0.15) is 0 Å². The summed E-state index contributed by atoms with van der Waals surface area (Å²) < 4.78 is 0. The third-order valence-electron chi connectivity index (χ3n) is 3.12. The number of rotatable bonds is 3. The number of hydrogen-bond acceptors (Lipinski definition) is 2. The lowest BCUT2D eigenvalue weighted by atomic mass is 9.90. The maximum Gasteiger partial charge on any atom is 0.220 e. The van der Waals surface area contributed by atoms with E-state index in [1.165, 1.54) is 12.8 Å². The van der Waals surface area contributed by atoms with Crippen LogP contribution in [0.1, 0.15) is 47.0 Å². The molecule has 1 heterocycles. The molecule has 94 valence electrons. The van der Waals surface area contributed by atoms with E-state index in [9.17, 15) is 4.79 Å². The van der Waals surface area contributed by atoms with E-state index in [2.05, 4.69) is 38.3 Å².